The van der Waals surface area contributed by atoms with Gasteiger partial charge in [0.1, 0.15) is 4.75 Å². The van der Waals surface area contributed by atoms with Gasteiger partial charge in [0.2, 0.25) is 0 Å². The number of non-ortho nitro benzene ring substituents is 1. The maximum absolute atomic E-state index is 12.8. The summed E-state index contributed by atoms with van der Waals surface area (Å²) >= 11 is -1.51. The van der Waals surface area contributed by atoms with E-state index in [4.69, 9.17) is 0 Å². The zero-order valence-corrected chi connectivity index (χ0v) is 13.3. The molecule has 22 heavy (non-hydrogen) atoms. The van der Waals surface area contributed by atoms with Crippen LogP contribution in [0.4, 0.5) is 18.9 Å². The van der Waals surface area contributed by atoms with Gasteiger partial charge in [-0.25, -0.2) is 0 Å². The Labute approximate surface area is 129 Å². The molecular formula is C13H17F3N2O3S. The predicted octanol–water partition coefficient (Wildman–Crippen LogP) is 3.73. The van der Waals surface area contributed by atoms with E-state index in [0.717, 1.165) is 12.1 Å². The Balaban J connectivity index is 3.18. The molecule has 1 rings (SSSR count). The highest BCUT2D eigenvalue weighted by Gasteiger charge is 2.34. The Morgan fingerprint density at radius 1 is 1.23 bits per heavy atom. The monoisotopic (exact) mass is 338 g/mol. The molecule has 0 aliphatic rings. The van der Waals surface area contributed by atoms with Gasteiger partial charge in [-0.3, -0.25) is 10.1 Å². The highest BCUT2D eigenvalue weighted by Crippen LogP contribution is 2.34. The second-order valence-corrected chi connectivity index (χ2v) is 7.79. The Morgan fingerprint density at radius 3 is 2.18 bits per heavy atom. The van der Waals surface area contributed by atoms with Crippen molar-refractivity contribution >= 4 is 17.0 Å². The number of hydrogen-bond acceptors (Lipinski definition) is 4. The van der Waals surface area contributed by atoms with E-state index in [9.17, 15) is 27.8 Å². The minimum atomic E-state index is -4.69. The van der Waals surface area contributed by atoms with Gasteiger partial charge in [0.25, 0.3) is 5.69 Å². The second kappa shape index (κ2) is 6.43. The van der Waals surface area contributed by atoms with Gasteiger partial charge in [0, 0.05) is 23.5 Å². The minimum Gasteiger partial charge on any atom is -0.598 e. The minimum absolute atomic E-state index is 0.0547. The van der Waals surface area contributed by atoms with Gasteiger partial charge in [0.15, 0.2) is 0 Å². The molecule has 0 radical (unpaired) electrons. The van der Waals surface area contributed by atoms with Gasteiger partial charge in [-0.05, 0) is 39.3 Å². The topological polar surface area (TPSA) is 78.2 Å². The van der Waals surface area contributed by atoms with Gasteiger partial charge >= 0.3 is 6.18 Å². The summed E-state index contributed by atoms with van der Waals surface area (Å²) in [5.74, 6) is 0. The first kappa shape index (κ1) is 18.7. The highest BCUT2D eigenvalue weighted by molar-refractivity contribution is 7.90. The maximum atomic E-state index is 12.8. The van der Waals surface area contributed by atoms with Crippen LogP contribution in [0.25, 0.3) is 0 Å². The summed E-state index contributed by atoms with van der Waals surface area (Å²) in [5.41, 5.74) is -1.70. The van der Waals surface area contributed by atoms with Crippen LogP contribution < -0.4 is 4.72 Å². The molecule has 124 valence electrons. The van der Waals surface area contributed by atoms with Crippen LogP contribution in [0.15, 0.2) is 18.2 Å². The number of halogens is 3. The molecule has 0 bridgehead atoms. The molecule has 1 aromatic carbocycles. The van der Waals surface area contributed by atoms with Gasteiger partial charge in [0.05, 0.1) is 16.5 Å². The quantitative estimate of drug-likeness (QED) is 0.515. The number of benzene rings is 1. The summed E-state index contributed by atoms with van der Waals surface area (Å²) < 4.78 is 52.5. The molecule has 0 fully saturated rings. The van der Waals surface area contributed by atoms with E-state index in [1.807, 2.05) is 0 Å². The molecule has 0 saturated carbocycles. The summed E-state index contributed by atoms with van der Waals surface area (Å²) in [6.07, 6.45) is -4.69. The van der Waals surface area contributed by atoms with Crippen LogP contribution in [-0.4, -0.2) is 14.2 Å². The van der Waals surface area contributed by atoms with Gasteiger partial charge in [-0.1, -0.05) is 0 Å². The average molecular weight is 338 g/mol. The lowest BCUT2D eigenvalue weighted by molar-refractivity contribution is -0.385. The third-order valence-electron chi connectivity index (χ3n) is 2.82. The zero-order valence-electron chi connectivity index (χ0n) is 12.5. The van der Waals surface area contributed by atoms with Crippen molar-refractivity contribution in [3.63, 3.8) is 0 Å². The standard InChI is InChI=1S/C13H17F3N2O3S/c1-8(17-22(21)12(2,3)4)9-5-10(13(14,15)16)7-11(6-9)18(19)20/h5-8,17H,1-4H3/t8-,22+/m1/s1. The zero-order chi connectivity index (χ0) is 17.3. The first-order valence-corrected chi connectivity index (χ1v) is 7.52. The molecule has 2 atom stereocenters. The molecule has 0 amide bonds. The maximum Gasteiger partial charge on any atom is 0.416 e. The van der Waals surface area contributed by atoms with Crippen molar-refractivity contribution in [2.24, 2.45) is 0 Å². The predicted molar refractivity (Wildman–Crippen MR) is 77.5 cm³/mol. The van der Waals surface area contributed by atoms with Crippen molar-refractivity contribution < 1.29 is 22.6 Å². The molecule has 0 aliphatic carbocycles. The van der Waals surface area contributed by atoms with E-state index in [2.05, 4.69) is 4.72 Å². The van der Waals surface area contributed by atoms with Crippen LogP contribution in [0.5, 0.6) is 0 Å². The Hall–Kier alpha value is -1.32. The number of nitro benzene ring substituents is 1. The molecule has 0 aromatic heterocycles. The smallest absolute Gasteiger partial charge is 0.416 e. The number of nitrogens with one attached hydrogen (secondary N) is 1. The summed E-state index contributed by atoms with van der Waals surface area (Å²) in [5, 5.41) is 10.8. The lowest BCUT2D eigenvalue weighted by Crippen LogP contribution is -2.40. The van der Waals surface area contributed by atoms with Crippen molar-refractivity contribution in [1.29, 1.82) is 0 Å². The second-order valence-electron chi connectivity index (χ2n) is 5.79. The molecule has 0 saturated heterocycles. The molecular weight excluding hydrogens is 321 g/mol. The van der Waals surface area contributed by atoms with E-state index in [0.29, 0.717) is 6.07 Å². The summed E-state index contributed by atoms with van der Waals surface area (Å²) in [6, 6.07) is 1.62. The third kappa shape index (κ3) is 4.85. The summed E-state index contributed by atoms with van der Waals surface area (Å²) in [6.45, 7) is 6.62. The van der Waals surface area contributed by atoms with Crippen molar-refractivity contribution in [2.45, 2.75) is 44.7 Å². The third-order valence-corrected chi connectivity index (χ3v) is 4.50. The number of rotatable bonds is 4. The summed E-state index contributed by atoms with van der Waals surface area (Å²) in [4.78, 5) is 9.91. The number of hydrogen-bond donors (Lipinski definition) is 1. The van der Waals surface area contributed by atoms with E-state index < -0.39 is 44.5 Å². The van der Waals surface area contributed by atoms with E-state index in [1.54, 1.807) is 20.8 Å². The van der Waals surface area contributed by atoms with Gasteiger partial charge < -0.3 is 4.55 Å². The van der Waals surface area contributed by atoms with Crippen molar-refractivity contribution in [2.75, 3.05) is 0 Å². The Kier molecular flexibility index (Phi) is 5.47. The number of nitrogens with zero attached hydrogens (tertiary/aromatic N) is 1. The SMILES string of the molecule is C[C@@H](N[S@@+]([O-])C(C)(C)C)c1cc([N+](=O)[O-])cc(C(F)(F)F)c1. The van der Waals surface area contributed by atoms with E-state index in [-0.39, 0.29) is 5.56 Å². The molecule has 0 spiro atoms. The van der Waals surface area contributed by atoms with E-state index in [1.165, 1.54) is 6.92 Å². The van der Waals surface area contributed by atoms with Crippen LogP contribution in [0, 0.1) is 10.1 Å². The largest absolute Gasteiger partial charge is 0.598 e. The molecule has 5 nitrogen and oxygen atoms in total. The summed E-state index contributed by atoms with van der Waals surface area (Å²) in [7, 11) is 0. The number of nitro groups is 1. The molecule has 9 heteroatoms. The van der Waals surface area contributed by atoms with Crippen LogP contribution >= 0.6 is 0 Å². The molecule has 0 unspecified atom stereocenters. The highest BCUT2D eigenvalue weighted by atomic mass is 32.2. The average Bonchev–Trinajstić information content (AvgIpc) is 2.35. The van der Waals surface area contributed by atoms with Crippen molar-refractivity contribution in [3.05, 3.63) is 39.4 Å². The van der Waals surface area contributed by atoms with Crippen LogP contribution in [0.1, 0.15) is 44.9 Å². The first-order valence-electron chi connectivity index (χ1n) is 6.37. The molecule has 0 heterocycles. The Bertz CT molecular complexity index is 558. The van der Waals surface area contributed by atoms with Gasteiger partial charge in [-0.2, -0.15) is 13.2 Å². The van der Waals surface area contributed by atoms with Crippen LogP contribution in [0.2, 0.25) is 0 Å². The normalized spacial score (nSPS) is 15.5. The molecule has 1 aromatic rings. The van der Waals surface area contributed by atoms with E-state index >= 15 is 0 Å². The van der Waals surface area contributed by atoms with Crippen molar-refractivity contribution in [1.82, 2.24) is 4.72 Å². The van der Waals surface area contributed by atoms with Crippen LogP contribution in [0.3, 0.4) is 0 Å². The fourth-order valence-corrected chi connectivity index (χ4v) is 2.37. The number of alkyl halides is 3. The fraction of sp³-hybridized carbons (Fsp3) is 0.538. The van der Waals surface area contributed by atoms with Crippen LogP contribution in [-0.2, 0) is 17.5 Å². The van der Waals surface area contributed by atoms with Crippen molar-refractivity contribution in [3.8, 4) is 0 Å². The first-order chi connectivity index (χ1) is 9.82. The fourth-order valence-electron chi connectivity index (χ4n) is 1.56. The molecule has 1 N–H and O–H groups in total. The molecule has 0 aliphatic heterocycles. The Morgan fingerprint density at radius 2 is 1.77 bits per heavy atom. The lowest BCUT2D eigenvalue weighted by Gasteiger charge is -2.26. The van der Waals surface area contributed by atoms with Gasteiger partial charge in [-0.15, -0.1) is 4.72 Å². The lowest BCUT2D eigenvalue weighted by atomic mass is 10.0.